The van der Waals surface area contributed by atoms with Crippen molar-refractivity contribution in [3.8, 4) is 0 Å². The minimum absolute atomic E-state index is 0.485. The van der Waals surface area contributed by atoms with Crippen LogP contribution in [-0.4, -0.2) is 9.97 Å². The van der Waals surface area contributed by atoms with Gasteiger partial charge in [0.05, 0.1) is 0 Å². The van der Waals surface area contributed by atoms with Crippen LogP contribution in [0.3, 0.4) is 0 Å². The van der Waals surface area contributed by atoms with Crippen molar-refractivity contribution in [3.05, 3.63) is 41.0 Å². The molecule has 0 aliphatic heterocycles. The molecule has 0 unspecified atom stereocenters. The molecule has 0 spiro atoms. The Morgan fingerprint density at radius 2 is 1.89 bits per heavy atom. The minimum atomic E-state index is 0.485. The van der Waals surface area contributed by atoms with E-state index in [0.717, 1.165) is 18.7 Å². The molecule has 98 valence electrons. The molecule has 0 radical (unpaired) electrons. The number of aromatic amines is 1. The molecule has 1 aromatic rings. The van der Waals surface area contributed by atoms with Gasteiger partial charge in [-0.2, -0.15) is 0 Å². The minimum Gasteiger partial charge on any atom is -0.346 e. The molecule has 0 saturated heterocycles. The first-order valence-corrected chi connectivity index (χ1v) is 6.98. The molecule has 0 bridgehead atoms. The van der Waals surface area contributed by atoms with E-state index in [9.17, 15) is 0 Å². The van der Waals surface area contributed by atoms with Gasteiger partial charge in [0.25, 0.3) is 0 Å². The predicted molar refractivity (Wildman–Crippen MR) is 76.6 cm³/mol. The van der Waals surface area contributed by atoms with E-state index in [-0.39, 0.29) is 0 Å². The molecule has 2 heteroatoms. The fourth-order valence-electron chi connectivity index (χ4n) is 2.27. The fourth-order valence-corrected chi connectivity index (χ4v) is 2.27. The SMILES string of the molecule is CC(C)C1=CC=C(CCc2cnc(C(C)C)[nH]2)C1. The molecule has 2 rings (SSSR count). The van der Waals surface area contributed by atoms with E-state index < -0.39 is 0 Å². The zero-order chi connectivity index (χ0) is 13.1. The number of allylic oxidation sites excluding steroid dienone is 4. The maximum absolute atomic E-state index is 4.42. The molecule has 1 aliphatic carbocycles. The molecular weight excluding hydrogens is 220 g/mol. The number of rotatable bonds is 5. The Kier molecular flexibility index (Phi) is 4.05. The quantitative estimate of drug-likeness (QED) is 0.818. The molecule has 1 aromatic heterocycles. The lowest BCUT2D eigenvalue weighted by atomic mass is 9.98. The second-order valence-corrected chi connectivity index (χ2v) is 5.85. The van der Waals surface area contributed by atoms with Crippen LogP contribution in [0, 0.1) is 5.92 Å². The number of aromatic nitrogens is 2. The monoisotopic (exact) mass is 244 g/mol. The Labute approximate surface area is 110 Å². The smallest absolute Gasteiger partial charge is 0.108 e. The summed E-state index contributed by atoms with van der Waals surface area (Å²) in [5.74, 6) is 2.27. The summed E-state index contributed by atoms with van der Waals surface area (Å²) in [6, 6.07) is 0. The number of aryl methyl sites for hydroxylation is 1. The normalized spacial score (nSPS) is 15.4. The first-order valence-electron chi connectivity index (χ1n) is 6.98. The van der Waals surface area contributed by atoms with Crippen LogP contribution >= 0.6 is 0 Å². The van der Waals surface area contributed by atoms with Crippen molar-refractivity contribution in [1.82, 2.24) is 9.97 Å². The van der Waals surface area contributed by atoms with Gasteiger partial charge in [0.1, 0.15) is 5.82 Å². The highest BCUT2D eigenvalue weighted by Gasteiger charge is 2.12. The zero-order valence-electron chi connectivity index (χ0n) is 12.0. The van der Waals surface area contributed by atoms with Crippen LogP contribution in [0.15, 0.2) is 29.5 Å². The maximum atomic E-state index is 4.42. The third-order valence-electron chi connectivity index (χ3n) is 3.62. The summed E-state index contributed by atoms with van der Waals surface area (Å²) in [6.45, 7) is 8.88. The third kappa shape index (κ3) is 3.12. The van der Waals surface area contributed by atoms with E-state index in [2.05, 4.69) is 49.8 Å². The van der Waals surface area contributed by atoms with Gasteiger partial charge in [0.2, 0.25) is 0 Å². The van der Waals surface area contributed by atoms with E-state index in [1.807, 2.05) is 6.20 Å². The largest absolute Gasteiger partial charge is 0.346 e. The highest BCUT2D eigenvalue weighted by Crippen LogP contribution is 2.27. The molecule has 1 heterocycles. The highest BCUT2D eigenvalue weighted by molar-refractivity contribution is 5.31. The summed E-state index contributed by atoms with van der Waals surface area (Å²) < 4.78 is 0. The van der Waals surface area contributed by atoms with Gasteiger partial charge in [-0.1, -0.05) is 51.0 Å². The molecule has 2 nitrogen and oxygen atoms in total. The summed E-state index contributed by atoms with van der Waals surface area (Å²) in [5.41, 5.74) is 4.38. The van der Waals surface area contributed by atoms with Crippen molar-refractivity contribution < 1.29 is 0 Å². The van der Waals surface area contributed by atoms with Crippen LogP contribution in [0.4, 0.5) is 0 Å². The second-order valence-electron chi connectivity index (χ2n) is 5.85. The maximum Gasteiger partial charge on any atom is 0.108 e. The summed E-state index contributed by atoms with van der Waals surface area (Å²) in [6.07, 6.45) is 9.98. The van der Waals surface area contributed by atoms with Gasteiger partial charge in [0.15, 0.2) is 0 Å². The molecule has 1 N–H and O–H groups in total. The van der Waals surface area contributed by atoms with Gasteiger partial charge >= 0.3 is 0 Å². The average Bonchev–Trinajstić information content (AvgIpc) is 2.95. The Balaban J connectivity index is 1.83. The fraction of sp³-hybridized carbons (Fsp3) is 0.562. The Hall–Kier alpha value is -1.31. The Morgan fingerprint density at radius 3 is 2.44 bits per heavy atom. The van der Waals surface area contributed by atoms with E-state index in [0.29, 0.717) is 11.8 Å². The van der Waals surface area contributed by atoms with E-state index in [1.54, 1.807) is 11.1 Å². The van der Waals surface area contributed by atoms with Gasteiger partial charge in [0, 0.05) is 17.8 Å². The number of hydrogen-bond acceptors (Lipinski definition) is 1. The molecule has 0 saturated carbocycles. The predicted octanol–water partition coefficient (Wildman–Crippen LogP) is 4.38. The van der Waals surface area contributed by atoms with Crippen molar-refractivity contribution in [1.29, 1.82) is 0 Å². The molecule has 18 heavy (non-hydrogen) atoms. The summed E-state index contributed by atoms with van der Waals surface area (Å²) in [7, 11) is 0. The van der Waals surface area contributed by atoms with Crippen molar-refractivity contribution in [2.75, 3.05) is 0 Å². The van der Waals surface area contributed by atoms with Gasteiger partial charge in [-0.15, -0.1) is 0 Å². The van der Waals surface area contributed by atoms with Crippen LogP contribution in [0.5, 0.6) is 0 Å². The lowest BCUT2D eigenvalue weighted by molar-refractivity contribution is 0.734. The first-order chi connectivity index (χ1) is 8.56. The van der Waals surface area contributed by atoms with E-state index in [4.69, 9.17) is 0 Å². The zero-order valence-corrected chi connectivity index (χ0v) is 12.0. The Morgan fingerprint density at radius 1 is 1.11 bits per heavy atom. The number of nitrogens with one attached hydrogen (secondary N) is 1. The van der Waals surface area contributed by atoms with E-state index in [1.165, 1.54) is 12.1 Å². The molecule has 1 aliphatic rings. The lowest BCUT2D eigenvalue weighted by Crippen LogP contribution is -1.94. The summed E-state index contributed by atoms with van der Waals surface area (Å²) in [5, 5.41) is 0. The van der Waals surface area contributed by atoms with Crippen LogP contribution < -0.4 is 0 Å². The van der Waals surface area contributed by atoms with Crippen molar-refractivity contribution in [3.63, 3.8) is 0 Å². The molecule has 0 aromatic carbocycles. The van der Waals surface area contributed by atoms with Crippen molar-refractivity contribution in [2.24, 2.45) is 5.92 Å². The van der Waals surface area contributed by atoms with Crippen LogP contribution in [-0.2, 0) is 6.42 Å². The number of nitrogens with zero attached hydrogens (tertiary/aromatic N) is 1. The van der Waals surface area contributed by atoms with Crippen LogP contribution in [0.25, 0.3) is 0 Å². The number of H-pyrrole nitrogens is 1. The van der Waals surface area contributed by atoms with Crippen LogP contribution in [0.2, 0.25) is 0 Å². The summed E-state index contributed by atoms with van der Waals surface area (Å²) >= 11 is 0. The van der Waals surface area contributed by atoms with Gasteiger partial charge < -0.3 is 4.98 Å². The van der Waals surface area contributed by atoms with Gasteiger partial charge in [-0.3, -0.25) is 0 Å². The second kappa shape index (κ2) is 5.55. The molecule has 0 amide bonds. The van der Waals surface area contributed by atoms with Gasteiger partial charge in [-0.25, -0.2) is 4.98 Å². The third-order valence-corrected chi connectivity index (χ3v) is 3.62. The average molecular weight is 244 g/mol. The van der Waals surface area contributed by atoms with E-state index >= 15 is 0 Å². The van der Waals surface area contributed by atoms with Crippen LogP contribution in [0.1, 0.15) is 58.0 Å². The topological polar surface area (TPSA) is 28.7 Å². The number of hydrogen-bond donors (Lipinski definition) is 1. The van der Waals surface area contributed by atoms with Crippen molar-refractivity contribution >= 4 is 0 Å². The Bertz CT molecular complexity index is 461. The first kappa shape index (κ1) is 13.1. The standard InChI is InChI=1S/C16H24N2/c1-11(2)14-7-5-13(9-14)6-8-15-10-17-16(18-15)12(3)4/h5,7,10-12H,6,8-9H2,1-4H3,(H,17,18). The molecule has 0 fully saturated rings. The van der Waals surface area contributed by atoms with Crippen molar-refractivity contribution in [2.45, 2.75) is 52.9 Å². The highest BCUT2D eigenvalue weighted by atomic mass is 14.9. The molecule has 0 atom stereocenters. The number of imidazole rings is 1. The van der Waals surface area contributed by atoms with Gasteiger partial charge in [-0.05, 0) is 25.2 Å². The molecular formula is C16H24N2. The summed E-state index contributed by atoms with van der Waals surface area (Å²) in [4.78, 5) is 7.83. The lowest BCUT2D eigenvalue weighted by Gasteiger charge is -2.07.